The van der Waals surface area contributed by atoms with Crippen LogP contribution in [0.25, 0.3) is 0 Å². The Labute approximate surface area is 99.6 Å². The number of halogens is 2. The first-order chi connectivity index (χ1) is 8.49. The van der Waals surface area contributed by atoms with E-state index in [1.807, 2.05) is 0 Å². The molecule has 0 fully saturated rings. The van der Waals surface area contributed by atoms with E-state index in [9.17, 15) is 18.9 Å². The fourth-order valence-corrected chi connectivity index (χ4v) is 1.30. The number of nitrogens with zero attached hydrogens (tertiary/aromatic N) is 3. The molecule has 2 rings (SSSR count). The molecule has 0 bridgehead atoms. The first-order valence-electron chi connectivity index (χ1n) is 4.77. The highest BCUT2D eigenvalue weighted by Crippen LogP contribution is 2.29. The lowest BCUT2D eigenvalue weighted by molar-refractivity contribution is -0.390. The second kappa shape index (κ2) is 4.40. The molecule has 0 spiro atoms. The van der Waals surface area contributed by atoms with Crippen LogP contribution in [0.1, 0.15) is 0 Å². The number of hydrogen-bond acceptors (Lipinski definition) is 4. The molecule has 1 aromatic carbocycles. The maximum Gasteiger partial charge on any atom is 0.427 e. The molecule has 0 N–H and O–H groups in total. The molecule has 18 heavy (non-hydrogen) atoms. The Bertz CT molecular complexity index is 612. The highest BCUT2D eigenvalue weighted by molar-refractivity contribution is 5.38. The third-order valence-corrected chi connectivity index (χ3v) is 2.14. The minimum atomic E-state index is -1.10. The van der Waals surface area contributed by atoms with Crippen molar-refractivity contribution in [1.29, 1.82) is 0 Å². The van der Waals surface area contributed by atoms with Gasteiger partial charge in [-0.05, 0) is 22.0 Å². The quantitative estimate of drug-likeness (QED) is 0.623. The Morgan fingerprint density at radius 3 is 2.72 bits per heavy atom. The Morgan fingerprint density at radius 1 is 1.39 bits per heavy atom. The maximum atomic E-state index is 13.0. The summed E-state index contributed by atoms with van der Waals surface area (Å²) in [4.78, 5) is 13.5. The summed E-state index contributed by atoms with van der Waals surface area (Å²) in [6.07, 6.45) is 1.19. The summed E-state index contributed by atoms with van der Waals surface area (Å²) >= 11 is 0. The van der Waals surface area contributed by atoms with Gasteiger partial charge in [0.05, 0.1) is 0 Å². The summed E-state index contributed by atoms with van der Waals surface area (Å²) < 4.78 is 32.1. The van der Waals surface area contributed by atoms with Crippen molar-refractivity contribution < 1.29 is 18.4 Å². The van der Waals surface area contributed by atoms with Crippen LogP contribution in [0.4, 0.5) is 14.6 Å². The van der Waals surface area contributed by atoms with Gasteiger partial charge in [-0.25, -0.2) is 8.78 Å². The lowest BCUT2D eigenvalue weighted by Crippen LogP contribution is -1.97. The molecule has 2 aromatic rings. The summed E-state index contributed by atoms with van der Waals surface area (Å²) in [5.74, 6) is -2.84. The molecule has 94 valence electrons. The number of benzene rings is 1. The molecule has 0 radical (unpaired) electrons. The number of imidazole rings is 1. The monoisotopic (exact) mass is 255 g/mol. The normalized spacial score (nSPS) is 10.4. The predicted octanol–water partition coefficient (Wildman–Crippen LogP) is 2.40. The van der Waals surface area contributed by atoms with E-state index >= 15 is 0 Å². The van der Waals surface area contributed by atoms with Crippen molar-refractivity contribution in [3.8, 4) is 11.6 Å². The van der Waals surface area contributed by atoms with Crippen LogP contribution in [-0.2, 0) is 7.05 Å². The number of rotatable bonds is 3. The molecule has 1 heterocycles. The van der Waals surface area contributed by atoms with Crippen LogP contribution in [0.15, 0.2) is 24.5 Å². The van der Waals surface area contributed by atoms with E-state index in [-0.39, 0.29) is 11.6 Å². The average molecular weight is 255 g/mol. The molecule has 0 atom stereocenters. The fraction of sp³-hybridized carbons (Fsp3) is 0.100. The third kappa shape index (κ3) is 2.12. The first-order valence-corrected chi connectivity index (χ1v) is 4.77. The molecule has 0 saturated heterocycles. The highest BCUT2D eigenvalue weighted by atomic mass is 19.2. The lowest BCUT2D eigenvalue weighted by Gasteiger charge is -2.05. The Kier molecular flexibility index (Phi) is 2.92. The van der Waals surface area contributed by atoms with Crippen LogP contribution in [0.3, 0.4) is 0 Å². The van der Waals surface area contributed by atoms with Crippen LogP contribution >= 0.6 is 0 Å². The van der Waals surface area contributed by atoms with Crippen molar-refractivity contribution in [3.05, 3.63) is 46.3 Å². The van der Waals surface area contributed by atoms with E-state index in [0.29, 0.717) is 0 Å². The molecule has 6 nitrogen and oxygen atoms in total. The molecule has 0 unspecified atom stereocenters. The van der Waals surface area contributed by atoms with Crippen molar-refractivity contribution in [2.24, 2.45) is 7.05 Å². The van der Waals surface area contributed by atoms with Gasteiger partial charge in [0.15, 0.2) is 11.6 Å². The standard InChI is InChI=1S/C10H7F2N3O3/c1-14-5-13-9(15(16)17)10(14)18-6-2-3-7(11)8(12)4-6/h2-5H,1H3. The summed E-state index contributed by atoms with van der Waals surface area (Å²) in [5.41, 5.74) is 0. The minimum absolute atomic E-state index is 0.0550. The van der Waals surface area contributed by atoms with Crippen LogP contribution in [0.2, 0.25) is 0 Å². The van der Waals surface area contributed by atoms with E-state index in [2.05, 4.69) is 4.98 Å². The van der Waals surface area contributed by atoms with Crippen molar-refractivity contribution in [2.75, 3.05) is 0 Å². The number of ether oxygens (including phenoxy) is 1. The van der Waals surface area contributed by atoms with Crippen molar-refractivity contribution in [2.45, 2.75) is 0 Å². The van der Waals surface area contributed by atoms with E-state index < -0.39 is 22.4 Å². The lowest BCUT2D eigenvalue weighted by atomic mass is 10.3. The Morgan fingerprint density at radius 2 is 2.11 bits per heavy atom. The highest BCUT2D eigenvalue weighted by Gasteiger charge is 2.22. The number of aromatic nitrogens is 2. The number of aryl methyl sites for hydroxylation is 1. The largest absolute Gasteiger partial charge is 0.434 e. The van der Waals surface area contributed by atoms with E-state index in [0.717, 1.165) is 18.2 Å². The molecule has 0 amide bonds. The Hall–Kier alpha value is -2.51. The van der Waals surface area contributed by atoms with Gasteiger partial charge in [-0.1, -0.05) is 0 Å². The van der Waals surface area contributed by atoms with E-state index in [1.54, 1.807) is 0 Å². The molecule has 0 aliphatic carbocycles. The third-order valence-electron chi connectivity index (χ3n) is 2.14. The molecule has 0 aliphatic rings. The Balaban J connectivity index is 2.36. The molecule has 1 aromatic heterocycles. The van der Waals surface area contributed by atoms with Gasteiger partial charge < -0.3 is 14.9 Å². The van der Waals surface area contributed by atoms with Gasteiger partial charge in [0.2, 0.25) is 6.33 Å². The van der Waals surface area contributed by atoms with E-state index in [1.165, 1.54) is 17.9 Å². The van der Waals surface area contributed by atoms with Gasteiger partial charge in [0, 0.05) is 13.1 Å². The number of nitro groups is 1. The molecular formula is C10H7F2N3O3. The van der Waals surface area contributed by atoms with Gasteiger partial charge in [-0.3, -0.25) is 4.57 Å². The summed E-state index contributed by atoms with van der Waals surface area (Å²) in [6, 6.07) is 2.83. The zero-order valence-corrected chi connectivity index (χ0v) is 9.13. The maximum absolute atomic E-state index is 13.0. The van der Waals surface area contributed by atoms with Crippen LogP contribution < -0.4 is 4.74 Å². The minimum Gasteiger partial charge on any atom is -0.434 e. The molecule has 8 heteroatoms. The summed E-state index contributed by atoms with van der Waals surface area (Å²) in [7, 11) is 1.48. The predicted molar refractivity (Wildman–Crippen MR) is 56.3 cm³/mol. The molecule has 0 saturated carbocycles. The fourth-order valence-electron chi connectivity index (χ4n) is 1.30. The van der Waals surface area contributed by atoms with Crippen molar-refractivity contribution in [1.82, 2.24) is 9.55 Å². The van der Waals surface area contributed by atoms with Gasteiger partial charge in [0.25, 0.3) is 0 Å². The van der Waals surface area contributed by atoms with Gasteiger partial charge in [-0.15, -0.1) is 0 Å². The van der Waals surface area contributed by atoms with E-state index in [4.69, 9.17) is 4.74 Å². The first kappa shape index (κ1) is 12.0. The van der Waals surface area contributed by atoms with Crippen molar-refractivity contribution in [3.63, 3.8) is 0 Å². The van der Waals surface area contributed by atoms with Crippen molar-refractivity contribution >= 4 is 5.82 Å². The second-order valence-corrected chi connectivity index (χ2v) is 3.42. The molecular weight excluding hydrogens is 248 g/mol. The van der Waals surface area contributed by atoms with Gasteiger partial charge in [0.1, 0.15) is 5.75 Å². The number of hydrogen-bond donors (Lipinski definition) is 0. The zero-order valence-electron chi connectivity index (χ0n) is 9.13. The topological polar surface area (TPSA) is 70.2 Å². The van der Waals surface area contributed by atoms with Crippen LogP contribution in [0, 0.1) is 21.7 Å². The summed E-state index contributed by atoms with van der Waals surface area (Å²) in [5, 5.41) is 10.7. The zero-order chi connectivity index (χ0) is 13.3. The summed E-state index contributed by atoms with van der Waals surface area (Å²) in [6.45, 7) is 0. The van der Waals surface area contributed by atoms with Gasteiger partial charge >= 0.3 is 11.7 Å². The van der Waals surface area contributed by atoms with Crippen LogP contribution in [0.5, 0.6) is 11.6 Å². The molecule has 0 aliphatic heterocycles. The average Bonchev–Trinajstić information content (AvgIpc) is 2.66. The smallest absolute Gasteiger partial charge is 0.427 e. The SMILES string of the molecule is Cn1cnc([N+](=O)[O-])c1Oc1ccc(F)c(F)c1. The second-order valence-electron chi connectivity index (χ2n) is 3.42. The van der Waals surface area contributed by atoms with Crippen LogP contribution in [-0.4, -0.2) is 14.5 Å². The van der Waals surface area contributed by atoms with Gasteiger partial charge in [-0.2, -0.15) is 0 Å².